The van der Waals surface area contributed by atoms with Crippen molar-refractivity contribution in [2.45, 2.75) is 57.8 Å². The average molecular weight is 646 g/mol. The summed E-state index contributed by atoms with van der Waals surface area (Å²) in [7, 11) is -1.57. The van der Waals surface area contributed by atoms with Crippen molar-refractivity contribution in [3.63, 3.8) is 0 Å². The lowest BCUT2D eigenvalue weighted by Gasteiger charge is -2.33. The van der Waals surface area contributed by atoms with Gasteiger partial charge in [0.2, 0.25) is 5.69 Å². The molecule has 0 spiro atoms. The van der Waals surface area contributed by atoms with Gasteiger partial charge in [0.05, 0.1) is 20.2 Å². The Morgan fingerprint density at radius 1 is 0.915 bits per heavy atom. The summed E-state index contributed by atoms with van der Waals surface area (Å²) in [6, 6.07) is 34.0. The molecule has 2 aliphatic heterocycles. The second kappa shape index (κ2) is 11.4. The average Bonchev–Trinajstić information content (AvgIpc) is 3.45. The predicted octanol–water partition coefficient (Wildman–Crippen LogP) is 10.7. The molecular weight excluding hydrogens is 605 g/mol. The maximum Gasteiger partial charge on any atom is 0.213 e. The third-order valence-corrected chi connectivity index (χ3v) is 13.6. The van der Waals surface area contributed by atoms with Gasteiger partial charge in [0.25, 0.3) is 0 Å². The molecule has 8 rings (SSSR count). The van der Waals surface area contributed by atoms with Crippen LogP contribution in [0.4, 0.5) is 0 Å². The molecule has 47 heavy (non-hydrogen) atoms. The van der Waals surface area contributed by atoms with E-state index in [2.05, 4.69) is 141 Å². The molecule has 0 fully saturated rings. The Kier molecular flexibility index (Phi) is 7.27. The summed E-state index contributed by atoms with van der Waals surface area (Å²) in [6.45, 7) is 18.6. The molecule has 4 heterocycles. The van der Waals surface area contributed by atoms with Crippen molar-refractivity contribution in [2.75, 3.05) is 0 Å². The summed E-state index contributed by atoms with van der Waals surface area (Å²) in [6.07, 6.45) is 7.26. The van der Waals surface area contributed by atoms with E-state index in [1.807, 2.05) is 17.4 Å². The van der Waals surface area contributed by atoms with Gasteiger partial charge in [-0.15, -0.1) is 11.3 Å². The molecule has 0 bridgehead atoms. The van der Waals surface area contributed by atoms with Crippen LogP contribution in [0.2, 0.25) is 19.6 Å². The Morgan fingerprint density at radius 3 is 2.45 bits per heavy atom. The molecule has 0 saturated carbocycles. The molecule has 0 amide bonds. The number of hydrogen-bond donors (Lipinski definition) is 0. The van der Waals surface area contributed by atoms with Crippen molar-refractivity contribution < 1.29 is 4.57 Å². The van der Waals surface area contributed by atoms with Gasteiger partial charge in [0.1, 0.15) is 0 Å². The molecular formula is C43H41N2SSi+. The fourth-order valence-electron chi connectivity index (χ4n) is 8.24. The van der Waals surface area contributed by atoms with Crippen LogP contribution in [0.15, 0.2) is 127 Å². The molecule has 2 unspecified atom stereocenters. The van der Waals surface area contributed by atoms with Crippen LogP contribution < -0.4 is 9.75 Å². The highest BCUT2D eigenvalue weighted by Gasteiger charge is 2.42. The molecule has 2 aliphatic rings. The topological polar surface area (TPSA) is 16.2 Å². The lowest BCUT2D eigenvalue weighted by atomic mass is 9.77. The first-order valence-electron chi connectivity index (χ1n) is 16.8. The van der Waals surface area contributed by atoms with Crippen LogP contribution in [0.1, 0.15) is 47.1 Å². The van der Waals surface area contributed by atoms with Crippen molar-refractivity contribution in [2.24, 2.45) is 4.99 Å². The van der Waals surface area contributed by atoms with Crippen LogP contribution in [0.25, 0.3) is 42.6 Å². The SMILES string of the molecule is C=CC1=NC(=C)CC2C(CCc3cc(-c4ccccc4)c4c(sc5ccccc54)c31)c1ccccc1-c1cc(C)c([Si](C)(C)C)c[n+]12. The van der Waals surface area contributed by atoms with Crippen LogP contribution in [0.3, 0.4) is 0 Å². The van der Waals surface area contributed by atoms with E-state index in [1.54, 1.807) is 0 Å². The molecule has 2 atom stereocenters. The van der Waals surface area contributed by atoms with Crippen LogP contribution in [-0.4, -0.2) is 13.8 Å². The molecule has 2 nitrogen and oxygen atoms in total. The number of allylic oxidation sites excluding steroid dienone is 2. The lowest BCUT2D eigenvalue weighted by Crippen LogP contribution is -2.53. The molecule has 6 aromatic rings. The molecule has 4 aromatic carbocycles. The van der Waals surface area contributed by atoms with Gasteiger partial charge in [0, 0.05) is 54.2 Å². The maximum absolute atomic E-state index is 5.34. The van der Waals surface area contributed by atoms with Crippen molar-refractivity contribution in [3.8, 4) is 22.4 Å². The standard InChI is InChI=1S/C43H41N2SSi/c1-7-36-41-30(25-35(29-15-9-8-10-16-29)42-34-19-13-14-20-39(34)46-43(41)42)21-22-33-31-17-11-12-18-32(31)37-23-27(2)40(47(4,5)6)26-45(37)38(33)24-28(3)44-36/h7-20,23,25-26,33,38H,1,3,21-22,24H2,2,4-6H3/q+1. The predicted molar refractivity (Wildman–Crippen MR) is 205 cm³/mol. The Bertz CT molecular complexity index is 2270. The van der Waals surface area contributed by atoms with Gasteiger partial charge < -0.3 is 0 Å². The van der Waals surface area contributed by atoms with Crippen molar-refractivity contribution in [3.05, 3.63) is 144 Å². The van der Waals surface area contributed by atoms with E-state index in [4.69, 9.17) is 4.99 Å². The molecule has 0 radical (unpaired) electrons. The normalized spacial score (nSPS) is 17.8. The van der Waals surface area contributed by atoms with E-state index in [0.717, 1.165) is 30.7 Å². The van der Waals surface area contributed by atoms with Gasteiger partial charge in [-0.3, -0.25) is 4.99 Å². The number of nitrogens with zero attached hydrogens (tertiary/aromatic N) is 2. The number of aromatic nitrogens is 1. The van der Waals surface area contributed by atoms with Crippen LogP contribution in [0, 0.1) is 6.92 Å². The molecule has 232 valence electrons. The molecule has 2 aromatic heterocycles. The highest BCUT2D eigenvalue weighted by Crippen LogP contribution is 2.47. The summed E-state index contributed by atoms with van der Waals surface area (Å²) >= 11 is 1.88. The van der Waals surface area contributed by atoms with E-state index >= 15 is 0 Å². The number of hydrogen-bond acceptors (Lipinski definition) is 2. The van der Waals surface area contributed by atoms with Crippen LogP contribution in [0.5, 0.6) is 0 Å². The van der Waals surface area contributed by atoms with E-state index < -0.39 is 8.07 Å². The molecule has 0 aliphatic carbocycles. The van der Waals surface area contributed by atoms with Gasteiger partial charge in [-0.05, 0) is 71.9 Å². The summed E-state index contributed by atoms with van der Waals surface area (Å²) in [4.78, 5) is 5.34. The Morgan fingerprint density at radius 2 is 1.66 bits per heavy atom. The van der Waals surface area contributed by atoms with Crippen molar-refractivity contribution in [1.29, 1.82) is 0 Å². The third kappa shape index (κ3) is 4.97. The number of benzene rings is 4. The monoisotopic (exact) mass is 645 g/mol. The zero-order chi connectivity index (χ0) is 32.4. The highest BCUT2D eigenvalue weighted by atomic mass is 32.1. The van der Waals surface area contributed by atoms with E-state index in [-0.39, 0.29) is 6.04 Å². The van der Waals surface area contributed by atoms with Crippen LogP contribution >= 0.6 is 11.3 Å². The number of fused-ring (bicyclic) bond motifs is 11. The van der Waals surface area contributed by atoms with Crippen LogP contribution in [-0.2, 0) is 6.42 Å². The summed E-state index contributed by atoms with van der Waals surface area (Å²) in [5.41, 5.74) is 12.5. The number of pyridine rings is 1. The summed E-state index contributed by atoms with van der Waals surface area (Å²) in [5.74, 6) is 0.337. The van der Waals surface area contributed by atoms with Gasteiger partial charge >= 0.3 is 0 Å². The van der Waals surface area contributed by atoms with Gasteiger partial charge in [0.15, 0.2) is 12.2 Å². The Hall–Kier alpha value is -4.38. The zero-order valence-electron chi connectivity index (χ0n) is 27.8. The second-order valence-corrected chi connectivity index (χ2v) is 20.4. The third-order valence-electron chi connectivity index (χ3n) is 10.3. The molecule has 0 N–H and O–H groups in total. The number of aryl methyl sites for hydroxylation is 2. The fraction of sp³-hybridized carbons (Fsp3) is 0.209. The van der Waals surface area contributed by atoms with Crippen molar-refractivity contribution in [1.82, 2.24) is 0 Å². The highest BCUT2D eigenvalue weighted by molar-refractivity contribution is 7.26. The van der Waals surface area contributed by atoms with Crippen molar-refractivity contribution >= 4 is 50.5 Å². The molecule has 4 heteroatoms. The first-order valence-corrected chi connectivity index (χ1v) is 21.1. The van der Waals surface area contributed by atoms with E-state index in [0.29, 0.717) is 5.92 Å². The smallest absolute Gasteiger partial charge is 0.213 e. The Balaban J connectivity index is 1.38. The molecule has 0 saturated heterocycles. The van der Waals surface area contributed by atoms with E-state index in [1.165, 1.54) is 70.0 Å². The second-order valence-electron chi connectivity index (χ2n) is 14.3. The number of rotatable bonds is 3. The minimum atomic E-state index is -1.57. The lowest BCUT2D eigenvalue weighted by molar-refractivity contribution is -0.717. The largest absolute Gasteiger partial charge is 0.253 e. The zero-order valence-corrected chi connectivity index (χ0v) is 29.6. The first kappa shape index (κ1) is 30.0. The minimum absolute atomic E-state index is 0.237. The minimum Gasteiger partial charge on any atom is -0.253 e. The Labute approximate surface area is 283 Å². The summed E-state index contributed by atoms with van der Waals surface area (Å²) < 4.78 is 5.20. The maximum atomic E-state index is 5.34. The first-order chi connectivity index (χ1) is 22.7. The number of thiophene rings is 1. The number of aliphatic imine (C=N–C) groups is 1. The summed E-state index contributed by atoms with van der Waals surface area (Å²) in [5, 5.41) is 4.14. The quantitative estimate of drug-likeness (QED) is 0.135. The van der Waals surface area contributed by atoms with Gasteiger partial charge in [-0.2, -0.15) is 4.57 Å². The van der Waals surface area contributed by atoms with Gasteiger partial charge in [-0.1, -0.05) is 99.5 Å². The fourth-order valence-corrected chi connectivity index (χ4v) is 11.3. The van der Waals surface area contributed by atoms with Gasteiger partial charge in [-0.25, -0.2) is 0 Å². The van der Waals surface area contributed by atoms with E-state index in [9.17, 15) is 0 Å².